The second-order valence-electron chi connectivity index (χ2n) is 10.5. The van der Waals surface area contributed by atoms with Gasteiger partial charge in [-0.2, -0.15) is 0 Å². The van der Waals surface area contributed by atoms with Crippen LogP contribution >= 0.6 is 11.8 Å². The van der Waals surface area contributed by atoms with Crippen LogP contribution in [0.1, 0.15) is 37.6 Å². The molecule has 0 unspecified atom stereocenters. The molecule has 0 saturated heterocycles. The third-order valence-electron chi connectivity index (χ3n) is 6.02. The fourth-order valence-electron chi connectivity index (χ4n) is 4.01. The van der Waals surface area contributed by atoms with Gasteiger partial charge in [-0.1, -0.05) is 30.0 Å². The monoisotopic (exact) mass is 603 g/mol. The number of pyridine rings is 1. The molecule has 0 aliphatic rings. The van der Waals surface area contributed by atoms with Gasteiger partial charge in [0.05, 0.1) is 19.2 Å². The number of benzene rings is 3. The van der Waals surface area contributed by atoms with Crippen LogP contribution in [0.4, 0.5) is 10.5 Å². The molecular weight excluding hydrogens is 570 g/mol. The van der Waals surface area contributed by atoms with Gasteiger partial charge in [0, 0.05) is 45.1 Å². The lowest BCUT2D eigenvalue weighted by molar-refractivity contribution is -0.139. The van der Waals surface area contributed by atoms with Gasteiger partial charge in [-0.3, -0.25) is 9.78 Å². The van der Waals surface area contributed by atoms with Gasteiger partial charge < -0.3 is 30.0 Å². The van der Waals surface area contributed by atoms with Crippen molar-refractivity contribution in [3.63, 3.8) is 0 Å². The van der Waals surface area contributed by atoms with E-state index in [-0.39, 0.29) is 18.9 Å². The number of anilines is 1. The summed E-state index contributed by atoms with van der Waals surface area (Å²) in [5, 5.41) is 15.6. The second-order valence-corrected chi connectivity index (χ2v) is 11.6. The number of aromatic nitrogens is 1. The minimum absolute atomic E-state index is 0.000879. The van der Waals surface area contributed by atoms with Crippen molar-refractivity contribution in [2.45, 2.75) is 48.6 Å². The number of rotatable bonds is 11. The molecule has 0 aliphatic carbocycles. The maximum Gasteiger partial charge on any atom is 0.408 e. The molecule has 0 radical (unpaired) electrons. The molecule has 4 aromatic rings. The van der Waals surface area contributed by atoms with Crippen molar-refractivity contribution in [2.24, 2.45) is 0 Å². The first-order valence-electron chi connectivity index (χ1n) is 13.5. The SMILES string of the molecule is COc1cc2c(Sc3ccc(NC(=O)c4ccccc4)cc3)ccnc2cc1OCC[C@H](NC(=O)OC(C)(C)C)C(=O)O. The van der Waals surface area contributed by atoms with Crippen LogP contribution in [-0.2, 0) is 9.53 Å². The molecule has 3 aromatic carbocycles. The largest absolute Gasteiger partial charge is 0.493 e. The minimum atomic E-state index is -1.20. The number of carboxylic acid groups (broad SMARTS) is 1. The summed E-state index contributed by atoms with van der Waals surface area (Å²) < 4.78 is 16.6. The van der Waals surface area contributed by atoms with Crippen LogP contribution in [-0.4, -0.2) is 53.4 Å². The quantitative estimate of drug-likeness (QED) is 0.178. The molecular formula is C32H33N3O7S. The number of hydrogen-bond acceptors (Lipinski definition) is 8. The van der Waals surface area contributed by atoms with E-state index in [0.29, 0.717) is 28.3 Å². The van der Waals surface area contributed by atoms with Crippen LogP contribution in [0.5, 0.6) is 11.5 Å². The summed E-state index contributed by atoms with van der Waals surface area (Å²) in [5.74, 6) is -0.531. The Morgan fingerprint density at radius 1 is 0.977 bits per heavy atom. The number of carboxylic acids is 1. The van der Waals surface area contributed by atoms with Crippen LogP contribution in [0.3, 0.4) is 0 Å². The number of carbonyl (C=O) groups is 3. The maximum absolute atomic E-state index is 12.4. The molecule has 1 atom stereocenters. The average Bonchev–Trinajstić information content (AvgIpc) is 2.97. The van der Waals surface area contributed by atoms with E-state index >= 15 is 0 Å². The number of alkyl carbamates (subject to hydrolysis) is 1. The molecule has 0 aliphatic heterocycles. The highest BCUT2D eigenvalue weighted by Crippen LogP contribution is 2.38. The highest BCUT2D eigenvalue weighted by atomic mass is 32.2. The Morgan fingerprint density at radius 2 is 1.70 bits per heavy atom. The van der Waals surface area contributed by atoms with E-state index in [1.165, 1.54) is 18.9 Å². The maximum atomic E-state index is 12.4. The lowest BCUT2D eigenvalue weighted by atomic mass is 10.2. The van der Waals surface area contributed by atoms with Crippen molar-refractivity contribution < 1.29 is 33.7 Å². The number of aliphatic carboxylic acids is 1. The summed E-state index contributed by atoms with van der Waals surface area (Å²) in [4.78, 5) is 42.5. The molecule has 3 N–H and O–H groups in total. The van der Waals surface area contributed by atoms with E-state index < -0.39 is 23.7 Å². The Hall–Kier alpha value is -4.77. The molecule has 43 heavy (non-hydrogen) atoms. The fraction of sp³-hybridized carbons (Fsp3) is 0.250. The van der Waals surface area contributed by atoms with Gasteiger partial charge in [0.25, 0.3) is 5.91 Å². The first kappa shape index (κ1) is 31.2. The molecule has 11 heteroatoms. The zero-order valence-electron chi connectivity index (χ0n) is 24.2. The van der Waals surface area contributed by atoms with E-state index in [2.05, 4.69) is 15.6 Å². The van der Waals surface area contributed by atoms with E-state index in [4.69, 9.17) is 14.2 Å². The topological polar surface area (TPSA) is 136 Å². The molecule has 1 heterocycles. The average molecular weight is 604 g/mol. The third kappa shape index (κ3) is 8.86. The van der Waals surface area contributed by atoms with E-state index in [1.54, 1.807) is 45.2 Å². The minimum Gasteiger partial charge on any atom is -0.493 e. The summed E-state index contributed by atoms with van der Waals surface area (Å²) in [7, 11) is 1.52. The Kier molecular flexibility index (Phi) is 10.1. The zero-order valence-corrected chi connectivity index (χ0v) is 25.1. The first-order valence-corrected chi connectivity index (χ1v) is 14.3. The number of nitrogens with one attached hydrogen (secondary N) is 2. The predicted molar refractivity (Wildman–Crippen MR) is 164 cm³/mol. The van der Waals surface area contributed by atoms with Crippen molar-refractivity contribution in [3.8, 4) is 11.5 Å². The summed E-state index contributed by atoms with van der Waals surface area (Å²) in [5.41, 5.74) is 1.18. The smallest absolute Gasteiger partial charge is 0.408 e. The summed E-state index contributed by atoms with van der Waals surface area (Å²) >= 11 is 1.53. The van der Waals surface area contributed by atoms with Crippen LogP contribution in [0, 0.1) is 0 Å². The standard InChI is InChI=1S/C32H33N3O7S/c1-32(2,3)42-31(39)35-24(30(37)38)15-17-41-27-19-25-23(18-26(27)40-4)28(14-16-33-25)43-22-12-10-21(11-13-22)34-29(36)20-8-6-5-7-9-20/h5-14,16,18-19,24H,15,17H2,1-4H3,(H,34,36)(H,35,39)(H,37,38)/t24-/m0/s1. The lowest BCUT2D eigenvalue weighted by Crippen LogP contribution is -2.44. The van der Waals surface area contributed by atoms with Gasteiger partial charge >= 0.3 is 12.1 Å². The van der Waals surface area contributed by atoms with Gasteiger partial charge in [-0.05, 0) is 69.3 Å². The number of ether oxygens (including phenoxy) is 3. The molecule has 10 nitrogen and oxygen atoms in total. The van der Waals surface area contributed by atoms with Crippen LogP contribution in [0.2, 0.25) is 0 Å². The molecule has 4 rings (SSSR count). The Labute approximate surface area is 253 Å². The number of methoxy groups -OCH3 is 1. The van der Waals surface area contributed by atoms with E-state index in [9.17, 15) is 19.5 Å². The van der Waals surface area contributed by atoms with Gasteiger partial charge in [-0.15, -0.1) is 0 Å². The molecule has 0 bridgehead atoms. The van der Waals surface area contributed by atoms with Gasteiger partial charge in [0.15, 0.2) is 11.5 Å². The van der Waals surface area contributed by atoms with Crippen molar-refractivity contribution in [1.29, 1.82) is 0 Å². The predicted octanol–water partition coefficient (Wildman–Crippen LogP) is 6.39. The Bertz CT molecular complexity index is 1590. The van der Waals surface area contributed by atoms with Crippen molar-refractivity contribution in [1.82, 2.24) is 10.3 Å². The number of nitrogens with zero attached hydrogens (tertiary/aromatic N) is 1. The summed E-state index contributed by atoms with van der Waals surface area (Å²) in [6.45, 7) is 5.08. The molecule has 0 spiro atoms. The Balaban J connectivity index is 1.43. The summed E-state index contributed by atoms with van der Waals surface area (Å²) in [6, 6.07) is 20.8. The van der Waals surface area contributed by atoms with Gasteiger partial charge in [0.2, 0.25) is 0 Å². The number of amides is 2. The van der Waals surface area contributed by atoms with E-state index in [0.717, 1.165) is 15.2 Å². The van der Waals surface area contributed by atoms with Crippen LogP contribution in [0.25, 0.3) is 10.9 Å². The van der Waals surface area contributed by atoms with E-state index in [1.807, 2.05) is 54.6 Å². The normalized spacial score (nSPS) is 11.8. The van der Waals surface area contributed by atoms with Crippen LogP contribution in [0.15, 0.2) is 88.8 Å². The first-order chi connectivity index (χ1) is 20.5. The molecule has 2 amide bonds. The molecule has 224 valence electrons. The fourth-order valence-corrected chi connectivity index (χ4v) is 4.94. The van der Waals surface area contributed by atoms with Crippen molar-refractivity contribution >= 4 is 46.3 Å². The second kappa shape index (κ2) is 13.9. The summed E-state index contributed by atoms with van der Waals surface area (Å²) in [6.07, 6.45) is 0.880. The Morgan fingerprint density at radius 3 is 2.35 bits per heavy atom. The lowest BCUT2D eigenvalue weighted by Gasteiger charge is -2.22. The number of hydrogen-bond donors (Lipinski definition) is 3. The molecule has 0 saturated carbocycles. The third-order valence-corrected chi connectivity index (χ3v) is 7.10. The molecule has 0 fully saturated rings. The number of carbonyl (C=O) groups excluding carboxylic acids is 2. The van der Waals surface area contributed by atoms with Gasteiger partial charge in [0.1, 0.15) is 11.6 Å². The highest BCUT2D eigenvalue weighted by Gasteiger charge is 2.24. The molecule has 1 aromatic heterocycles. The number of fused-ring (bicyclic) bond motifs is 1. The van der Waals surface area contributed by atoms with Crippen LogP contribution < -0.4 is 20.1 Å². The van der Waals surface area contributed by atoms with Crippen molar-refractivity contribution in [3.05, 3.63) is 84.6 Å². The zero-order chi connectivity index (χ0) is 31.0. The van der Waals surface area contributed by atoms with Crippen molar-refractivity contribution in [2.75, 3.05) is 19.0 Å². The highest BCUT2D eigenvalue weighted by molar-refractivity contribution is 7.99. The van der Waals surface area contributed by atoms with Gasteiger partial charge in [-0.25, -0.2) is 9.59 Å².